The van der Waals surface area contributed by atoms with E-state index in [1.54, 1.807) is 0 Å². The van der Waals surface area contributed by atoms with Crippen LogP contribution in [0.1, 0.15) is 12.5 Å². The summed E-state index contributed by atoms with van der Waals surface area (Å²) in [6.45, 7) is 2.65. The highest BCUT2D eigenvalue weighted by Crippen LogP contribution is 2.12. The molecule has 0 saturated heterocycles. The van der Waals surface area contributed by atoms with Gasteiger partial charge in [0.25, 0.3) is 0 Å². The van der Waals surface area contributed by atoms with Crippen LogP contribution >= 0.6 is 0 Å². The molecule has 0 bridgehead atoms. The minimum atomic E-state index is -0.173. The van der Waals surface area contributed by atoms with Crippen molar-refractivity contribution in [2.24, 2.45) is 5.73 Å². The van der Waals surface area contributed by atoms with E-state index in [-0.39, 0.29) is 12.6 Å². The third-order valence-corrected chi connectivity index (χ3v) is 1.97. The van der Waals surface area contributed by atoms with Crippen molar-refractivity contribution >= 4 is 0 Å². The number of nitrogens with two attached hydrogens (primary N) is 1. The summed E-state index contributed by atoms with van der Waals surface area (Å²) in [4.78, 5) is 0. The number of hydrogen-bond donors (Lipinski definition) is 2. The quantitative estimate of drug-likeness (QED) is 0.735. The van der Waals surface area contributed by atoms with E-state index in [0.717, 1.165) is 11.3 Å². The second kappa shape index (κ2) is 5.62. The van der Waals surface area contributed by atoms with Crippen LogP contribution in [0.4, 0.5) is 0 Å². The van der Waals surface area contributed by atoms with Crippen molar-refractivity contribution in [3.8, 4) is 5.75 Å². The molecule has 0 fully saturated rings. The third-order valence-electron chi connectivity index (χ3n) is 1.97. The van der Waals surface area contributed by atoms with Crippen molar-refractivity contribution in [2.45, 2.75) is 19.4 Å². The van der Waals surface area contributed by atoms with Crippen LogP contribution in [0.3, 0.4) is 0 Å². The van der Waals surface area contributed by atoms with Gasteiger partial charge < -0.3 is 15.6 Å². The van der Waals surface area contributed by atoms with Gasteiger partial charge >= 0.3 is 0 Å². The van der Waals surface area contributed by atoms with Crippen LogP contribution in [-0.4, -0.2) is 24.4 Å². The Balaban J connectivity index is 2.54. The van der Waals surface area contributed by atoms with E-state index in [4.69, 9.17) is 15.6 Å². The van der Waals surface area contributed by atoms with E-state index in [1.807, 2.05) is 31.2 Å². The molecule has 0 aliphatic heterocycles. The molecule has 0 aliphatic rings. The van der Waals surface area contributed by atoms with E-state index < -0.39 is 0 Å². The van der Waals surface area contributed by atoms with E-state index in [2.05, 4.69) is 0 Å². The van der Waals surface area contributed by atoms with Crippen LogP contribution < -0.4 is 10.5 Å². The molecule has 0 unspecified atom stereocenters. The van der Waals surface area contributed by atoms with Crippen molar-refractivity contribution in [3.63, 3.8) is 0 Å². The second-order valence-electron chi connectivity index (χ2n) is 3.22. The topological polar surface area (TPSA) is 55.5 Å². The van der Waals surface area contributed by atoms with Gasteiger partial charge in [0.1, 0.15) is 5.75 Å². The monoisotopic (exact) mass is 195 g/mol. The van der Waals surface area contributed by atoms with Gasteiger partial charge in [-0.25, -0.2) is 0 Å². The molecule has 3 nitrogen and oxygen atoms in total. The van der Waals surface area contributed by atoms with Crippen LogP contribution in [0.15, 0.2) is 24.3 Å². The summed E-state index contributed by atoms with van der Waals surface area (Å²) in [6.07, 6.45) is 0.697. The van der Waals surface area contributed by atoms with Crippen molar-refractivity contribution in [1.82, 2.24) is 0 Å². The largest absolute Gasteiger partial charge is 0.494 e. The lowest BCUT2D eigenvalue weighted by molar-refractivity contribution is 0.265. The molecule has 0 heterocycles. The van der Waals surface area contributed by atoms with Gasteiger partial charge in [-0.2, -0.15) is 0 Å². The Morgan fingerprint density at radius 1 is 1.36 bits per heavy atom. The van der Waals surface area contributed by atoms with Crippen molar-refractivity contribution in [2.75, 3.05) is 13.2 Å². The lowest BCUT2D eigenvalue weighted by atomic mass is 10.1. The van der Waals surface area contributed by atoms with Crippen molar-refractivity contribution in [1.29, 1.82) is 0 Å². The van der Waals surface area contributed by atoms with E-state index in [1.165, 1.54) is 0 Å². The second-order valence-corrected chi connectivity index (χ2v) is 3.22. The van der Waals surface area contributed by atoms with E-state index >= 15 is 0 Å². The van der Waals surface area contributed by atoms with Gasteiger partial charge in [-0.05, 0) is 31.0 Å². The molecule has 0 radical (unpaired) electrons. The molecule has 0 saturated carbocycles. The van der Waals surface area contributed by atoms with Gasteiger partial charge in [0.2, 0.25) is 0 Å². The molecule has 1 atom stereocenters. The fourth-order valence-corrected chi connectivity index (χ4v) is 1.26. The number of aliphatic hydroxyl groups is 1. The Morgan fingerprint density at radius 2 is 2.00 bits per heavy atom. The first-order valence-electron chi connectivity index (χ1n) is 4.84. The van der Waals surface area contributed by atoms with Gasteiger partial charge in [0.15, 0.2) is 0 Å². The summed E-state index contributed by atoms with van der Waals surface area (Å²) in [7, 11) is 0. The van der Waals surface area contributed by atoms with Gasteiger partial charge in [0, 0.05) is 6.04 Å². The third kappa shape index (κ3) is 3.36. The van der Waals surface area contributed by atoms with Crippen molar-refractivity contribution in [3.05, 3.63) is 29.8 Å². The maximum Gasteiger partial charge on any atom is 0.119 e. The predicted molar refractivity (Wildman–Crippen MR) is 56.4 cm³/mol. The fraction of sp³-hybridized carbons (Fsp3) is 0.455. The van der Waals surface area contributed by atoms with Crippen LogP contribution in [0.2, 0.25) is 0 Å². The predicted octanol–water partition coefficient (Wildman–Crippen LogP) is 0.947. The molecule has 0 aliphatic carbocycles. The normalized spacial score (nSPS) is 12.5. The molecule has 3 N–H and O–H groups in total. The first-order chi connectivity index (χ1) is 6.76. The zero-order chi connectivity index (χ0) is 10.4. The highest BCUT2D eigenvalue weighted by Gasteiger charge is 2.02. The number of hydrogen-bond acceptors (Lipinski definition) is 3. The Bertz CT molecular complexity index is 258. The highest BCUT2D eigenvalue weighted by atomic mass is 16.5. The summed E-state index contributed by atoms with van der Waals surface area (Å²) in [5, 5.41) is 8.79. The summed E-state index contributed by atoms with van der Waals surface area (Å²) in [5.41, 5.74) is 6.74. The number of benzene rings is 1. The lowest BCUT2D eigenvalue weighted by Crippen LogP contribution is -2.26. The SMILES string of the molecule is CCOc1ccc(C[C@@H](N)CO)cc1. The summed E-state index contributed by atoms with van der Waals surface area (Å²) < 4.78 is 5.31. The highest BCUT2D eigenvalue weighted by molar-refractivity contribution is 5.27. The molecular weight excluding hydrogens is 178 g/mol. The van der Waals surface area contributed by atoms with E-state index in [9.17, 15) is 0 Å². The van der Waals surface area contributed by atoms with Crippen LogP contribution in [0.5, 0.6) is 5.75 Å². The van der Waals surface area contributed by atoms with Crippen LogP contribution in [-0.2, 0) is 6.42 Å². The fourth-order valence-electron chi connectivity index (χ4n) is 1.26. The van der Waals surface area contributed by atoms with Crippen LogP contribution in [0.25, 0.3) is 0 Å². The Hall–Kier alpha value is -1.06. The summed E-state index contributed by atoms with van der Waals surface area (Å²) >= 11 is 0. The first kappa shape index (κ1) is 11.0. The molecule has 0 spiro atoms. The molecule has 78 valence electrons. The van der Waals surface area contributed by atoms with Crippen molar-refractivity contribution < 1.29 is 9.84 Å². The minimum Gasteiger partial charge on any atom is -0.494 e. The average molecular weight is 195 g/mol. The van der Waals surface area contributed by atoms with Gasteiger partial charge in [0.05, 0.1) is 13.2 Å². The Kier molecular flexibility index (Phi) is 4.43. The van der Waals surface area contributed by atoms with Gasteiger partial charge in [-0.15, -0.1) is 0 Å². The summed E-state index contributed by atoms with van der Waals surface area (Å²) in [5.74, 6) is 0.869. The molecule has 3 heteroatoms. The standard InChI is InChI=1S/C11H17NO2/c1-2-14-11-5-3-9(4-6-11)7-10(12)8-13/h3-6,10,13H,2,7-8,12H2,1H3/t10-/m1/s1. The Labute approximate surface area is 84.5 Å². The number of aliphatic hydroxyl groups excluding tert-OH is 1. The van der Waals surface area contributed by atoms with Gasteiger partial charge in [-0.1, -0.05) is 12.1 Å². The van der Waals surface area contributed by atoms with Crippen LogP contribution in [0, 0.1) is 0 Å². The summed E-state index contributed by atoms with van der Waals surface area (Å²) in [6, 6.07) is 7.61. The molecule has 1 rings (SSSR count). The zero-order valence-corrected chi connectivity index (χ0v) is 8.44. The molecule has 14 heavy (non-hydrogen) atoms. The smallest absolute Gasteiger partial charge is 0.119 e. The zero-order valence-electron chi connectivity index (χ0n) is 8.44. The van der Waals surface area contributed by atoms with E-state index in [0.29, 0.717) is 13.0 Å². The lowest BCUT2D eigenvalue weighted by Gasteiger charge is -2.08. The number of ether oxygens (including phenoxy) is 1. The Morgan fingerprint density at radius 3 is 2.50 bits per heavy atom. The maximum atomic E-state index is 8.79. The molecule has 0 amide bonds. The van der Waals surface area contributed by atoms with Gasteiger partial charge in [-0.3, -0.25) is 0 Å². The first-order valence-corrected chi connectivity index (χ1v) is 4.84. The molecule has 1 aromatic carbocycles. The number of rotatable bonds is 5. The molecular formula is C11H17NO2. The average Bonchev–Trinajstić information content (AvgIpc) is 2.21. The maximum absolute atomic E-state index is 8.79. The molecule has 0 aromatic heterocycles. The molecule has 1 aromatic rings. The minimum absolute atomic E-state index is 0.0210.